The average Bonchev–Trinajstić information content (AvgIpc) is 2.93. The highest BCUT2D eigenvalue weighted by atomic mass is 127. The number of rotatable bonds is 4. The molecule has 2 aromatic rings. The Morgan fingerprint density at radius 2 is 1.68 bits per heavy atom. The Kier molecular flexibility index (Phi) is 5.16. The van der Waals surface area contributed by atoms with Gasteiger partial charge in [0, 0.05) is 35.2 Å². The lowest BCUT2D eigenvalue weighted by Crippen LogP contribution is -2.34. The van der Waals surface area contributed by atoms with Crippen molar-refractivity contribution in [2.45, 2.75) is 18.5 Å². The normalized spacial score (nSPS) is 22.4. The van der Waals surface area contributed by atoms with Crippen LogP contribution >= 0.6 is 22.6 Å². The number of benzene rings is 2. The SMILES string of the molecule is CN(C)[C@H]1CN(Cc2ccccc2)C[C@@H]1c1ccc(I)cc1. The largest absolute Gasteiger partial charge is 0.305 e. The first-order chi connectivity index (χ1) is 10.6. The van der Waals surface area contributed by atoms with Gasteiger partial charge in [0.05, 0.1) is 0 Å². The van der Waals surface area contributed by atoms with E-state index in [0.29, 0.717) is 12.0 Å². The van der Waals surface area contributed by atoms with E-state index in [4.69, 9.17) is 0 Å². The molecule has 2 nitrogen and oxygen atoms in total. The van der Waals surface area contributed by atoms with Gasteiger partial charge in [-0.05, 0) is 59.9 Å². The minimum absolute atomic E-state index is 0.587. The van der Waals surface area contributed by atoms with Gasteiger partial charge >= 0.3 is 0 Å². The van der Waals surface area contributed by atoms with Crippen LogP contribution in [0.15, 0.2) is 54.6 Å². The molecular formula is C19H23IN2. The van der Waals surface area contributed by atoms with Crippen LogP contribution in [0.4, 0.5) is 0 Å². The van der Waals surface area contributed by atoms with Crippen LogP contribution < -0.4 is 0 Å². The van der Waals surface area contributed by atoms with Crippen molar-refractivity contribution in [2.75, 3.05) is 27.2 Å². The molecule has 2 atom stereocenters. The van der Waals surface area contributed by atoms with Crippen molar-refractivity contribution >= 4 is 22.6 Å². The fourth-order valence-corrected chi connectivity index (χ4v) is 3.76. The minimum atomic E-state index is 0.587. The van der Waals surface area contributed by atoms with Gasteiger partial charge in [0.15, 0.2) is 0 Å². The number of nitrogens with zero attached hydrogens (tertiary/aromatic N) is 2. The molecule has 1 aliphatic rings. The second kappa shape index (κ2) is 7.11. The van der Waals surface area contributed by atoms with Crippen molar-refractivity contribution in [2.24, 2.45) is 0 Å². The van der Waals surface area contributed by atoms with Gasteiger partial charge in [-0.3, -0.25) is 4.90 Å². The van der Waals surface area contributed by atoms with Gasteiger partial charge < -0.3 is 4.90 Å². The smallest absolute Gasteiger partial charge is 0.0298 e. The van der Waals surface area contributed by atoms with Crippen molar-refractivity contribution in [3.63, 3.8) is 0 Å². The Bertz CT molecular complexity index is 595. The highest BCUT2D eigenvalue weighted by Gasteiger charge is 2.34. The molecule has 0 radical (unpaired) electrons. The first-order valence-electron chi connectivity index (χ1n) is 7.81. The average molecular weight is 406 g/mol. The number of hydrogen-bond donors (Lipinski definition) is 0. The molecule has 0 amide bonds. The highest BCUT2D eigenvalue weighted by Crippen LogP contribution is 2.31. The van der Waals surface area contributed by atoms with E-state index in [-0.39, 0.29) is 0 Å². The van der Waals surface area contributed by atoms with Crippen LogP contribution in [-0.2, 0) is 6.54 Å². The molecule has 1 fully saturated rings. The Hall–Kier alpha value is -0.910. The Morgan fingerprint density at radius 1 is 1.00 bits per heavy atom. The van der Waals surface area contributed by atoms with Crippen molar-refractivity contribution in [3.05, 3.63) is 69.3 Å². The zero-order valence-corrected chi connectivity index (χ0v) is 15.4. The molecule has 0 unspecified atom stereocenters. The van der Waals surface area contributed by atoms with E-state index in [1.54, 1.807) is 0 Å². The third-order valence-corrected chi connectivity index (χ3v) is 5.29. The minimum Gasteiger partial charge on any atom is -0.305 e. The second-order valence-corrected chi connectivity index (χ2v) is 7.61. The third kappa shape index (κ3) is 3.70. The van der Waals surface area contributed by atoms with Crippen molar-refractivity contribution < 1.29 is 0 Å². The van der Waals surface area contributed by atoms with E-state index in [1.807, 2.05) is 0 Å². The van der Waals surface area contributed by atoms with Crippen molar-refractivity contribution in [1.82, 2.24) is 9.80 Å². The van der Waals surface area contributed by atoms with Gasteiger partial charge in [0.1, 0.15) is 0 Å². The summed E-state index contributed by atoms with van der Waals surface area (Å²) in [5.74, 6) is 0.593. The predicted octanol–water partition coefficient (Wildman–Crippen LogP) is 3.82. The number of likely N-dealkylation sites (tertiary alicyclic amines) is 1. The maximum Gasteiger partial charge on any atom is 0.0298 e. The Labute approximate surface area is 147 Å². The molecule has 1 saturated heterocycles. The first-order valence-corrected chi connectivity index (χ1v) is 8.89. The number of halogens is 1. The number of hydrogen-bond acceptors (Lipinski definition) is 2. The maximum absolute atomic E-state index is 2.59. The molecule has 0 bridgehead atoms. The van der Waals surface area contributed by atoms with E-state index >= 15 is 0 Å². The second-order valence-electron chi connectivity index (χ2n) is 6.37. The zero-order chi connectivity index (χ0) is 15.5. The molecule has 1 heterocycles. The molecule has 3 heteroatoms. The molecule has 0 saturated carbocycles. The molecule has 116 valence electrons. The lowest BCUT2D eigenvalue weighted by atomic mass is 9.94. The van der Waals surface area contributed by atoms with Crippen LogP contribution in [-0.4, -0.2) is 43.0 Å². The number of likely N-dealkylation sites (N-methyl/N-ethyl adjacent to an activating group) is 1. The highest BCUT2D eigenvalue weighted by molar-refractivity contribution is 14.1. The van der Waals surface area contributed by atoms with Gasteiger partial charge in [0.2, 0.25) is 0 Å². The van der Waals surface area contributed by atoms with E-state index < -0.39 is 0 Å². The summed E-state index contributed by atoms with van der Waals surface area (Å²) in [6.45, 7) is 3.32. The molecule has 2 aromatic carbocycles. The topological polar surface area (TPSA) is 6.48 Å². The van der Waals surface area contributed by atoms with Gasteiger partial charge in [-0.25, -0.2) is 0 Å². The van der Waals surface area contributed by atoms with Crippen LogP contribution in [0.5, 0.6) is 0 Å². The van der Waals surface area contributed by atoms with Gasteiger partial charge in [-0.2, -0.15) is 0 Å². The van der Waals surface area contributed by atoms with E-state index in [0.717, 1.165) is 19.6 Å². The molecule has 3 rings (SSSR count). The van der Waals surface area contributed by atoms with Crippen LogP contribution in [0.2, 0.25) is 0 Å². The van der Waals surface area contributed by atoms with Gasteiger partial charge in [-0.1, -0.05) is 42.5 Å². The molecule has 1 aliphatic heterocycles. The predicted molar refractivity (Wildman–Crippen MR) is 101 cm³/mol. The van der Waals surface area contributed by atoms with Crippen LogP contribution in [0.25, 0.3) is 0 Å². The summed E-state index contributed by atoms with van der Waals surface area (Å²) in [5, 5.41) is 0. The van der Waals surface area contributed by atoms with E-state index in [2.05, 4.69) is 101 Å². The molecular weight excluding hydrogens is 383 g/mol. The fourth-order valence-electron chi connectivity index (χ4n) is 3.40. The van der Waals surface area contributed by atoms with Crippen LogP contribution in [0.3, 0.4) is 0 Å². The molecule has 0 spiro atoms. The molecule has 0 N–H and O–H groups in total. The first kappa shape index (κ1) is 16.0. The van der Waals surface area contributed by atoms with Gasteiger partial charge in [-0.15, -0.1) is 0 Å². The molecule has 22 heavy (non-hydrogen) atoms. The fraction of sp³-hybridized carbons (Fsp3) is 0.368. The van der Waals surface area contributed by atoms with Crippen molar-refractivity contribution in [1.29, 1.82) is 0 Å². The maximum atomic E-state index is 2.59. The summed E-state index contributed by atoms with van der Waals surface area (Å²) >= 11 is 2.38. The molecule has 0 aromatic heterocycles. The monoisotopic (exact) mass is 406 g/mol. The van der Waals surface area contributed by atoms with Crippen LogP contribution in [0.1, 0.15) is 17.0 Å². The third-order valence-electron chi connectivity index (χ3n) is 4.58. The zero-order valence-electron chi connectivity index (χ0n) is 13.2. The molecule has 0 aliphatic carbocycles. The summed E-state index contributed by atoms with van der Waals surface area (Å²) < 4.78 is 1.31. The quantitative estimate of drug-likeness (QED) is 0.713. The summed E-state index contributed by atoms with van der Waals surface area (Å²) in [5.41, 5.74) is 2.87. The van der Waals surface area contributed by atoms with Crippen LogP contribution in [0, 0.1) is 3.57 Å². The summed E-state index contributed by atoms with van der Waals surface area (Å²) in [6, 6.07) is 20.4. The lowest BCUT2D eigenvalue weighted by molar-refractivity contribution is 0.260. The summed E-state index contributed by atoms with van der Waals surface area (Å²) in [4.78, 5) is 4.97. The Morgan fingerprint density at radius 3 is 2.32 bits per heavy atom. The van der Waals surface area contributed by atoms with Gasteiger partial charge in [0.25, 0.3) is 0 Å². The van der Waals surface area contributed by atoms with E-state index in [9.17, 15) is 0 Å². The summed E-state index contributed by atoms with van der Waals surface area (Å²) in [6.07, 6.45) is 0. The summed E-state index contributed by atoms with van der Waals surface area (Å²) in [7, 11) is 4.41. The van der Waals surface area contributed by atoms with E-state index in [1.165, 1.54) is 14.7 Å². The Balaban J connectivity index is 1.76. The lowest BCUT2D eigenvalue weighted by Gasteiger charge is -2.25. The van der Waals surface area contributed by atoms with Crippen molar-refractivity contribution in [3.8, 4) is 0 Å². The standard InChI is InChI=1S/C19H23IN2/c1-21(2)19-14-22(12-15-6-4-3-5-7-15)13-18(19)16-8-10-17(20)11-9-16/h3-11,18-19H,12-14H2,1-2H3/t18-,19+/m1/s1.